The van der Waals surface area contributed by atoms with E-state index in [-0.39, 0.29) is 0 Å². The van der Waals surface area contributed by atoms with Crippen LogP contribution in [0.4, 0.5) is 0 Å². The van der Waals surface area contributed by atoms with Gasteiger partial charge in [-0.05, 0) is 24.6 Å². The fraction of sp³-hybridized carbons (Fsp3) is 0.235. The molecule has 0 aliphatic rings. The maximum atomic E-state index is 6.27. The molecule has 21 heavy (non-hydrogen) atoms. The predicted octanol–water partition coefficient (Wildman–Crippen LogP) is 5.34. The summed E-state index contributed by atoms with van der Waals surface area (Å²) in [6.07, 6.45) is 2.05. The monoisotopic (exact) mass is 318 g/mol. The number of hydrogen-bond acceptors (Lipinski definition) is 1. The van der Waals surface area contributed by atoms with Crippen LogP contribution in [0.3, 0.4) is 0 Å². The molecule has 0 N–H and O–H groups in total. The Morgan fingerprint density at radius 3 is 2.43 bits per heavy atom. The van der Waals surface area contributed by atoms with Crippen LogP contribution in [-0.2, 0) is 13.0 Å². The molecule has 2 nitrogen and oxygen atoms in total. The number of rotatable bonds is 4. The molecule has 0 bridgehead atoms. The highest BCUT2D eigenvalue weighted by Crippen LogP contribution is 2.27. The van der Waals surface area contributed by atoms with Crippen molar-refractivity contribution in [1.82, 2.24) is 9.78 Å². The average molecular weight is 319 g/mol. The van der Waals surface area contributed by atoms with Gasteiger partial charge in [0, 0.05) is 21.0 Å². The molecule has 0 unspecified atom stereocenters. The molecular formula is C17H16Cl2N2. The van der Waals surface area contributed by atoms with Gasteiger partial charge in [0.05, 0.1) is 17.8 Å². The summed E-state index contributed by atoms with van der Waals surface area (Å²) < 4.78 is 1.99. The second-order valence-corrected chi connectivity index (χ2v) is 5.89. The minimum Gasteiger partial charge on any atom is -0.260 e. The normalized spacial score (nSPS) is 11.2. The Balaban J connectivity index is 2.09. The van der Waals surface area contributed by atoms with Gasteiger partial charge >= 0.3 is 0 Å². The van der Waals surface area contributed by atoms with Crippen molar-refractivity contribution in [2.75, 3.05) is 0 Å². The van der Waals surface area contributed by atoms with E-state index in [1.54, 1.807) is 0 Å². The third kappa shape index (κ3) is 2.78. The maximum absolute atomic E-state index is 6.27. The first-order valence-electron chi connectivity index (χ1n) is 7.08. The number of nitrogens with zero attached hydrogens (tertiary/aromatic N) is 2. The van der Waals surface area contributed by atoms with Crippen molar-refractivity contribution in [3.8, 4) is 0 Å². The predicted molar refractivity (Wildman–Crippen MR) is 89.3 cm³/mol. The van der Waals surface area contributed by atoms with Crippen molar-refractivity contribution in [2.45, 2.75) is 26.3 Å². The van der Waals surface area contributed by atoms with Crippen molar-refractivity contribution in [3.05, 3.63) is 63.8 Å². The summed E-state index contributed by atoms with van der Waals surface area (Å²) in [6.45, 7) is 2.75. The summed E-state index contributed by atoms with van der Waals surface area (Å²) >= 11 is 12.5. The van der Waals surface area contributed by atoms with Crippen molar-refractivity contribution in [2.24, 2.45) is 0 Å². The lowest BCUT2D eigenvalue weighted by Crippen LogP contribution is -2.03. The SMILES string of the molecule is CCCc1nn(Cc2c(Cl)cccc2Cl)c2ccccc12. The fourth-order valence-corrected chi connectivity index (χ4v) is 3.09. The Bertz CT molecular complexity index is 757. The Morgan fingerprint density at radius 1 is 1.00 bits per heavy atom. The molecule has 3 rings (SSSR count). The zero-order chi connectivity index (χ0) is 14.8. The number of benzene rings is 2. The van der Waals surface area contributed by atoms with Gasteiger partial charge in [0.2, 0.25) is 0 Å². The molecule has 3 aromatic rings. The molecule has 1 heterocycles. The van der Waals surface area contributed by atoms with Gasteiger partial charge in [-0.15, -0.1) is 0 Å². The summed E-state index contributed by atoms with van der Waals surface area (Å²) in [6, 6.07) is 13.9. The van der Waals surface area contributed by atoms with Crippen LogP contribution < -0.4 is 0 Å². The fourth-order valence-electron chi connectivity index (χ4n) is 2.57. The van der Waals surface area contributed by atoms with Gasteiger partial charge in [-0.3, -0.25) is 4.68 Å². The third-order valence-corrected chi connectivity index (χ3v) is 4.30. The molecule has 0 aliphatic heterocycles. The Hall–Kier alpha value is -1.51. The van der Waals surface area contributed by atoms with Crippen LogP contribution in [0.1, 0.15) is 24.6 Å². The Labute approximate surface area is 134 Å². The quantitative estimate of drug-likeness (QED) is 0.634. The molecule has 2 aromatic carbocycles. The zero-order valence-corrected chi connectivity index (χ0v) is 13.3. The van der Waals surface area contributed by atoms with E-state index >= 15 is 0 Å². The number of fused-ring (bicyclic) bond motifs is 1. The molecule has 0 fully saturated rings. The molecule has 0 saturated carbocycles. The minimum atomic E-state index is 0.586. The Morgan fingerprint density at radius 2 is 1.71 bits per heavy atom. The van der Waals surface area contributed by atoms with E-state index in [2.05, 4.69) is 25.1 Å². The van der Waals surface area contributed by atoms with Crippen LogP contribution in [0, 0.1) is 0 Å². The summed E-state index contributed by atoms with van der Waals surface area (Å²) in [5.41, 5.74) is 3.17. The molecule has 0 atom stereocenters. The van der Waals surface area contributed by atoms with E-state index in [1.165, 1.54) is 5.39 Å². The molecule has 0 spiro atoms. The number of para-hydroxylation sites is 1. The lowest BCUT2D eigenvalue weighted by Gasteiger charge is -2.08. The topological polar surface area (TPSA) is 17.8 Å². The third-order valence-electron chi connectivity index (χ3n) is 3.59. The first-order valence-corrected chi connectivity index (χ1v) is 7.83. The largest absolute Gasteiger partial charge is 0.260 e. The van der Waals surface area contributed by atoms with Gasteiger partial charge in [0.15, 0.2) is 0 Å². The van der Waals surface area contributed by atoms with Crippen LogP contribution in [0.5, 0.6) is 0 Å². The number of hydrogen-bond donors (Lipinski definition) is 0. The van der Waals surface area contributed by atoms with E-state index in [1.807, 2.05) is 28.9 Å². The summed E-state index contributed by atoms with van der Waals surface area (Å²) in [7, 11) is 0. The van der Waals surface area contributed by atoms with E-state index in [0.29, 0.717) is 16.6 Å². The first-order chi connectivity index (χ1) is 10.2. The van der Waals surface area contributed by atoms with Crippen LogP contribution in [-0.4, -0.2) is 9.78 Å². The molecule has 1 aromatic heterocycles. The van der Waals surface area contributed by atoms with Crippen LogP contribution in [0.2, 0.25) is 10.0 Å². The van der Waals surface area contributed by atoms with E-state index in [0.717, 1.165) is 29.6 Å². The van der Waals surface area contributed by atoms with E-state index in [4.69, 9.17) is 28.3 Å². The number of aromatic nitrogens is 2. The first kappa shape index (κ1) is 14.4. The lowest BCUT2D eigenvalue weighted by molar-refractivity contribution is 0.689. The highest BCUT2D eigenvalue weighted by atomic mass is 35.5. The number of halogens is 2. The van der Waals surface area contributed by atoms with Crippen molar-refractivity contribution in [3.63, 3.8) is 0 Å². The van der Waals surface area contributed by atoms with Gasteiger partial charge in [0.25, 0.3) is 0 Å². The van der Waals surface area contributed by atoms with Gasteiger partial charge in [0.1, 0.15) is 0 Å². The second-order valence-electron chi connectivity index (χ2n) is 5.07. The highest BCUT2D eigenvalue weighted by Gasteiger charge is 2.12. The van der Waals surface area contributed by atoms with E-state index in [9.17, 15) is 0 Å². The molecule has 0 saturated heterocycles. The molecule has 0 radical (unpaired) electrons. The zero-order valence-electron chi connectivity index (χ0n) is 11.8. The standard InChI is InChI=1S/C17H16Cl2N2/c1-2-6-16-12-7-3-4-10-17(12)21(20-16)11-13-14(18)8-5-9-15(13)19/h3-5,7-10H,2,6,11H2,1H3. The van der Waals surface area contributed by atoms with Crippen LogP contribution in [0.25, 0.3) is 10.9 Å². The molecule has 4 heteroatoms. The van der Waals surface area contributed by atoms with Crippen molar-refractivity contribution in [1.29, 1.82) is 0 Å². The molecular weight excluding hydrogens is 303 g/mol. The average Bonchev–Trinajstić information content (AvgIpc) is 2.82. The van der Waals surface area contributed by atoms with Crippen molar-refractivity contribution >= 4 is 34.1 Å². The summed E-state index contributed by atoms with van der Waals surface area (Å²) in [4.78, 5) is 0. The van der Waals surface area contributed by atoms with Gasteiger partial charge in [-0.2, -0.15) is 5.10 Å². The highest BCUT2D eigenvalue weighted by molar-refractivity contribution is 6.36. The number of aryl methyl sites for hydroxylation is 1. The van der Waals surface area contributed by atoms with E-state index < -0.39 is 0 Å². The Kier molecular flexibility index (Phi) is 4.18. The molecule has 0 aliphatic carbocycles. The van der Waals surface area contributed by atoms with Crippen LogP contribution in [0.15, 0.2) is 42.5 Å². The summed E-state index contributed by atoms with van der Waals surface area (Å²) in [5.74, 6) is 0. The maximum Gasteiger partial charge on any atom is 0.0703 e. The van der Waals surface area contributed by atoms with Gasteiger partial charge < -0.3 is 0 Å². The smallest absolute Gasteiger partial charge is 0.0703 e. The van der Waals surface area contributed by atoms with Gasteiger partial charge in [-0.1, -0.05) is 60.8 Å². The molecule has 0 amide bonds. The van der Waals surface area contributed by atoms with Gasteiger partial charge in [-0.25, -0.2) is 0 Å². The second kappa shape index (κ2) is 6.08. The lowest BCUT2D eigenvalue weighted by atomic mass is 10.1. The van der Waals surface area contributed by atoms with Crippen molar-refractivity contribution < 1.29 is 0 Å². The molecule has 108 valence electrons. The minimum absolute atomic E-state index is 0.586. The summed E-state index contributed by atoms with van der Waals surface area (Å²) in [5, 5.41) is 7.33. The van der Waals surface area contributed by atoms with Crippen LogP contribution >= 0.6 is 23.2 Å².